The Morgan fingerprint density at radius 1 is 1.14 bits per heavy atom. The monoisotopic (exact) mass is 383 g/mol. The van der Waals surface area contributed by atoms with Gasteiger partial charge in [-0.3, -0.25) is 9.59 Å². The summed E-state index contributed by atoms with van der Waals surface area (Å²) in [4.78, 5) is 28.0. The van der Waals surface area contributed by atoms with Crippen LogP contribution in [0.5, 0.6) is 5.75 Å². The number of anilines is 2. The lowest BCUT2D eigenvalue weighted by Gasteiger charge is -2.35. The molecule has 0 unspecified atom stereocenters. The second-order valence-electron chi connectivity index (χ2n) is 6.37. The molecule has 1 saturated heterocycles. The third kappa shape index (κ3) is 4.31. The standard InChI is InChI=1S/C21H22FN3O3/c1-3-20(26)25-11-9-24(10-12-25)17-6-4-5-16(14-17)23-21(27)15-7-8-19(28-2)18(22)13-15/h3-8,13-14H,1,9-12H2,2H3,(H,23,27). The van der Waals surface area contributed by atoms with Gasteiger partial charge in [0.1, 0.15) is 0 Å². The number of rotatable bonds is 5. The molecule has 1 heterocycles. The second kappa shape index (κ2) is 8.56. The third-order valence-corrected chi connectivity index (χ3v) is 4.65. The van der Waals surface area contributed by atoms with Crippen LogP contribution in [0.4, 0.5) is 15.8 Å². The van der Waals surface area contributed by atoms with Crippen LogP contribution in [0, 0.1) is 5.82 Å². The van der Waals surface area contributed by atoms with Crippen LogP contribution in [0.3, 0.4) is 0 Å². The molecule has 1 N–H and O–H groups in total. The summed E-state index contributed by atoms with van der Waals surface area (Å²) >= 11 is 0. The highest BCUT2D eigenvalue weighted by molar-refractivity contribution is 6.04. The Morgan fingerprint density at radius 2 is 1.89 bits per heavy atom. The Kier molecular flexibility index (Phi) is 5.93. The molecule has 1 aliphatic rings. The van der Waals surface area contributed by atoms with E-state index >= 15 is 0 Å². The lowest BCUT2D eigenvalue weighted by molar-refractivity contribution is -0.126. The summed E-state index contributed by atoms with van der Waals surface area (Å²) in [6, 6.07) is 11.5. The van der Waals surface area contributed by atoms with Crippen molar-refractivity contribution in [3.63, 3.8) is 0 Å². The van der Waals surface area contributed by atoms with Crippen LogP contribution in [-0.2, 0) is 4.79 Å². The van der Waals surface area contributed by atoms with Crippen molar-refractivity contribution < 1.29 is 18.7 Å². The number of carbonyl (C=O) groups is 2. The molecule has 1 fully saturated rings. The van der Waals surface area contributed by atoms with Crippen molar-refractivity contribution in [1.82, 2.24) is 4.90 Å². The normalized spacial score (nSPS) is 13.8. The van der Waals surface area contributed by atoms with E-state index in [1.807, 2.05) is 18.2 Å². The predicted octanol–water partition coefficient (Wildman–Crippen LogP) is 2.92. The molecule has 3 rings (SSSR count). The Balaban J connectivity index is 1.67. The van der Waals surface area contributed by atoms with E-state index in [-0.39, 0.29) is 17.2 Å². The van der Waals surface area contributed by atoms with Crippen molar-refractivity contribution in [2.75, 3.05) is 43.5 Å². The summed E-state index contributed by atoms with van der Waals surface area (Å²) in [5.74, 6) is -0.962. The Labute approximate surface area is 163 Å². The number of hydrogen-bond acceptors (Lipinski definition) is 4. The van der Waals surface area contributed by atoms with Gasteiger partial charge in [-0.25, -0.2) is 4.39 Å². The van der Waals surface area contributed by atoms with Crippen LogP contribution in [0.15, 0.2) is 55.1 Å². The minimum absolute atomic E-state index is 0.0626. The molecule has 1 aliphatic heterocycles. The number of nitrogens with one attached hydrogen (secondary N) is 1. The molecule has 0 spiro atoms. The predicted molar refractivity (Wildman–Crippen MR) is 106 cm³/mol. The quantitative estimate of drug-likeness (QED) is 0.807. The molecular formula is C21H22FN3O3. The first-order valence-electron chi connectivity index (χ1n) is 8.93. The SMILES string of the molecule is C=CC(=O)N1CCN(c2cccc(NC(=O)c3ccc(OC)c(F)c3)c2)CC1. The number of nitrogens with zero attached hydrogens (tertiary/aromatic N) is 2. The van der Waals surface area contributed by atoms with Gasteiger partial charge >= 0.3 is 0 Å². The average Bonchev–Trinajstić information content (AvgIpc) is 2.73. The van der Waals surface area contributed by atoms with E-state index in [0.29, 0.717) is 31.9 Å². The smallest absolute Gasteiger partial charge is 0.255 e. The number of benzene rings is 2. The van der Waals surface area contributed by atoms with E-state index in [4.69, 9.17) is 4.74 Å². The molecule has 0 radical (unpaired) electrons. The van der Waals surface area contributed by atoms with Gasteiger partial charge in [-0.1, -0.05) is 12.6 Å². The third-order valence-electron chi connectivity index (χ3n) is 4.65. The van der Waals surface area contributed by atoms with Crippen molar-refractivity contribution in [2.24, 2.45) is 0 Å². The summed E-state index contributed by atoms with van der Waals surface area (Å²) in [5, 5.41) is 2.79. The van der Waals surface area contributed by atoms with Crippen molar-refractivity contribution >= 4 is 23.2 Å². The number of carbonyl (C=O) groups excluding carboxylic acids is 2. The van der Waals surface area contributed by atoms with E-state index in [9.17, 15) is 14.0 Å². The zero-order valence-electron chi connectivity index (χ0n) is 15.7. The van der Waals surface area contributed by atoms with E-state index in [1.165, 1.54) is 25.3 Å². The summed E-state index contributed by atoms with van der Waals surface area (Å²) in [5.41, 5.74) is 1.77. The lowest BCUT2D eigenvalue weighted by Crippen LogP contribution is -2.48. The van der Waals surface area contributed by atoms with Gasteiger partial charge in [0.15, 0.2) is 11.6 Å². The highest BCUT2D eigenvalue weighted by Crippen LogP contribution is 2.23. The molecule has 6 nitrogen and oxygen atoms in total. The highest BCUT2D eigenvalue weighted by atomic mass is 19.1. The first kappa shape index (κ1) is 19.4. The van der Waals surface area contributed by atoms with Crippen LogP contribution in [0.25, 0.3) is 0 Å². The maximum atomic E-state index is 13.8. The minimum Gasteiger partial charge on any atom is -0.494 e. The Morgan fingerprint density at radius 3 is 2.54 bits per heavy atom. The molecule has 2 aromatic rings. The van der Waals surface area contributed by atoms with Gasteiger partial charge in [-0.05, 0) is 42.5 Å². The molecule has 0 aromatic heterocycles. The highest BCUT2D eigenvalue weighted by Gasteiger charge is 2.20. The molecule has 0 bridgehead atoms. The Bertz CT molecular complexity index is 892. The second-order valence-corrected chi connectivity index (χ2v) is 6.37. The van der Waals surface area contributed by atoms with E-state index in [1.54, 1.807) is 11.0 Å². The zero-order chi connectivity index (χ0) is 20.1. The first-order valence-corrected chi connectivity index (χ1v) is 8.93. The van der Waals surface area contributed by atoms with Crippen molar-refractivity contribution in [1.29, 1.82) is 0 Å². The summed E-state index contributed by atoms with van der Waals surface area (Å²) in [6.45, 7) is 6.14. The zero-order valence-corrected chi connectivity index (χ0v) is 15.7. The van der Waals surface area contributed by atoms with Gasteiger partial charge < -0.3 is 19.9 Å². The molecule has 2 aromatic carbocycles. The number of amides is 2. The first-order chi connectivity index (χ1) is 13.5. The summed E-state index contributed by atoms with van der Waals surface area (Å²) in [6.07, 6.45) is 1.33. The van der Waals surface area contributed by atoms with E-state index in [2.05, 4.69) is 16.8 Å². The van der Waals surface area contributed by atoms with E-state index in [0.717, 1.165) is 11.8 Å². The van der Waals surface area contributed by atoms with Gasteiger partial charge in [0.05, 0.1) is 7.11 Å². The number of methoxy groups -OCH3 is 1. The topological polar surface area (TPSA) is 61.9 Å². The number of ether oxygens (including phenoxy) is 1. The van der Waals surface area contributed by atoms with Gasteiger partial charge in [0, 0.05) is 43.1 Å². The molecule has 0 saturated carbocycles. The fraction of sp³-hybridized carbons (Fsp3) is 0.238. The van der Waals surface area contributed by atoms with Crippen molar-refractivity contribution in [2.45, 2.75) is 0 Å². The Hall–Kier alpha value is -3.35. The largest absolute Gasteiger partial charge is 0.494 e. The molecule has 146 valence electrons. The van der Waals surface area contributed by atoms with Gasteiger partial charge in [0.2, 0.25) is 5.91 Å². The van der Waals surface area contributed by atoms with Crippen LogP contribution in [0.2, 0.25) is 0 Å². The summed E-state index contributed by atoms with van der Waals surface area (Å²) < 4.78 is 18.7. The number of halogens is 1. The van der Waals surface area contributed by atoms with Gasteiger partial charge in [-0.2, -0.15) is 0 Å². The fourth-order valence-corrected chi connectivity index (χ4v) is 3.11. The van der Waals surface area contributed by atoms with Crippen LogP contribution in [-0.4, -0.2) is 50.0 Å². The van der Waals surface area contributed by atoms with Crippen LogP contribution in [0.1, 0.15) is 10.4 Å². The minimum atomic E-state index is -0.587. The number of piperazine rings is 1. The maximum Gasteiger partial charge on any atom is 0.255 e. The van der Waals surface area contributed by atoms with Gasteiger partial charge in [-0.15, -0.1) is 0 Å². The molecular weight excluding hydrogens is 361 g/mol. The molecule has 0 atom stereocenters. The van der Waals surface area contributed by atoms with Crippen molar-refractivity contribution in [3.8, 4) is 5.75 Å². The van der Waals surface area contributed by atoms with Crippen molar-refractivity contribution in [3.05, 3.63) is 66.5 Å². The molecule has 2 amide bonds. The van der Waals surface area contributed by atoms with Gasteiger partial charge in [0.25, 0.3) is 5.91 Å². The summed E-state index contributed by atoms with van der Waals surface area (Å²) in [7, 11) is 1.37. The lowest BCUT2D eigenvalue weighted by atomic mass is 10.1. The number of hydrogen-bond donors (Lipinski definition) is 1. The fourth-order valence-electron chi connectivity index (χ4n) is 3.11. The van der Waals surface area contributed by atoms with E-state index < -0.39 is 11.7 Å². The molecule has 0 aliphatic carbocycles. The van der Waals surface area contributed by atoms with Crippen LogP contribution >= 0.6 is 0 Å². The molecule has 28 heavy (non-hydrogen) atoms. The molecule has 7 heteroatoms. The maximum absolute atomic E-state index is 13.8. The average molecular weight is 383 g/mol. The van der Waals surface area contributed by atoms with Crippen LogP contribution < -0.4 is 15.0 Å².